The van der Waals surface area contributed by atoms with Crippen molar-refractivity contribution in [3.8, 4) is 45.1 Å². The largest absolute Gasteiger partial charge is 0.496 e. The van der Waals surface area contributed by atoms with Crippen LogP contribution in [0.2, 0.25) is 10.0 Å². The summed E-state index contributed by atoms with van der Waals surface area (Å²) >= 11 is 13.9. The third-order valence-corrected chi connectivity index (χ3v) is 7.29. The average molecular weight is 546 g/mol. The van der Waals surface area contributed by atoms with Crippen molar-refractivity contribution in [3.05, 3.63) is 87.9 Å². The van der Waals surface area contributed by atoms with Gasteiger partial charge in [-0.25, -0.2) is 4.98 Å². The van der Waals surface area contributed by atoms with Gasteiger partial charge in [0.2, 0.25) is 5.88 Å². The van der Waals surface area contributed by atoms with Crippen molar-refractivity contribution < 1.29 is 14.3 Å². The lowest BCUT2D eigenvalue weighted by Crippen LogP contribution is -2.20. The predicted molar refractivity (Wildman–Crippen MR) is 153 cm³/mol. The fraction of sp³-hybridized carbons (Fsp3) is 0.167. The summed E-state index contributed by atoms with van der Waals surface area (Å²) in [5, 5.41) is 4.38. The number of rotatable bonds is 8. The van der Waals surface area contributed by atoms with E-state index in [0.29, 0.717) is 39.6 Å². The predicted octanol–water partition coefficient (Wildman–Crippen LogP) is 6.76. The summed E-state index contributed by atoms with van der Waals surface area (Å²) in [6.07, 6.45) is 1.40. The Morgan fingerprint density at radius 1 is 0.895 bits per heavy atom. The molecule has 4 aromatic rings. The van der Waals surface area contributed by atoms with Crippen molar-refractivity contribution in [1.82, 2.24) is 10.3 Å². The summed E-state index contributed by atoms with van der Waals surface area (Å²) in [6, 6.07) is 21.1. The number of carbonyl (C=O) groups is 1. The third kappa shape index (κ3) is 4.97. The molecule has 0 spiro atoms. The molecule has 38 heavy (non-hydrogen) atoms. The quantitative estimate of drug-likeness (QED) is 0.247. The second kappa shape index (κ2) is 11.3. The van der Waals surface area contributed by atoms with Gasteiger partial charge in [0.15, 0.2) is 6.29 Å². The summed E-state index contributed by atoms with van der Waals surface area (Å²) < 4.78 is 11.0. The highest BCUT2D eigenvalue weighted by Gasteiger charge is 2.18. The lowest BCUT2D eigenvalue weighted by Gasteiger charge is -2.16. The number of methoxy groups -OCH3 is 2. The number of nitrogens with zero attached hydrogens (tertiary/aromatic N) is 2. The summed E-state index contributed by atoms with van der Waals surface area (Å²) in [5.41, 5.74) is 6.07. The van der Waals surface area contributed by atoms with Crippen molar-refractivity contribution >= 4 is 35.3 Å². The molecule has 6 nitrogen and oxygen atoms in total. The molecule has 0 atom stereocenters. The van der Waals surface area contributed by atoms with Crippen LogP contribution in [0.25, 0.3) is 33.5 Å². The van der Waals surface area contributed by atoms with Gasteiger partial charge in [-0.05, 0) is 23.8 Å². The lowest BCUT2D eigenvalue weighted by molar-refractivity contribution is 0.112. The Morgan fingerprint density at radius 2 is 1.61 bits per heavy atom. The highest BCUT2D eigenvalue weighted by molar-refractivity contribution is 6.39. The number of aldehydes is 1. The highest BCUT2D eigenvalue weighted by atomic mass is 35.5. The van der Waals surface area contributed by atoms with Gasteiger partial charge in [-0.15, -0.1) is 0 Å². The first-order valence-electron chi connectivity index (χ1n) is 12.1. The first kappa shape index (κ1) is 25.8. The van der Waals surface area contributed by atoms with Gasteiger partial charge in [0, 0.05) is 40.8 Å². The van der Waals surface area contributed by atoms with Crippen LogP contribution in [-0.4, -0.2) is 44.4 Å². The maximum atomic E-state index is 11.3. The normalized spacial score (nSPS) is 12.6. The molecule has 0 bridgehead atoms. The van der Waals surface area contributed by atoms with Gasteiger partial charge in [-0.1, -0.05) is 71.7 Å². The fourth-order valence-electron chi connectivity index (χ4n) is 4.56. The zero-order chi connectivity index (χ0) is 26.6. The minimum Gasteiger partial charge on any atom is -0.496 e. The maximum Gasteiger partial charge on any atom is 0.224 e. The first-order chi connectivity index (χ1) is 18.5. The van der Waals surface area contributed by atoms with E-state index in [1.54, 1.807) is 19.2 Å². The van der Waals surface area contributed by atoms with E-state index in [1.807, 2.05) is 48.5 Å². The Hall–Kier alpha value is -3.87. The lowest BCUT2D eigenvalue weighted by atomic mass is 9.95. The van der Waals surface area contributed by atoms with Crippen LogP contribution in [0.4, 0.5) is 0 Å². The van der Waals surface area contributed by atoms with Crippen LogP contribution in [0, 0.1) is 0 Å². The summed E-state index contributed by atoms with van der Waals surface area (Å²) in [6.45, 7) is 1.67. The molecule has 0 aliphatic carbocycles. The van der Waals surface area contributed by atoms with Crippen molar-refractivity contribution in [2.24, 2.45) is 4.99 Å². The van der Waals surface area contributed by atoms with Gasteiger partial charge in [-0.3, -0.25) is 9.79 Å². The van der Waals surface area contributed by atoms with Crippen molar-refractivity contribution in [2.75, 3.05) is 27.3 Å². The van der Waals surface area contributed by atoms with Crippen LogP contribution in [0.1, 0.15) is 15.9 Å². The number of pyridine rings is 1. The fourth-order valence-corrected chi connectivity index (χ4v) is 5.22. The van der Waals surface area contributed by atoms with Crippen LogP contribution in [0.5, 0.6) is 11.6 Å². The number of hydrogen-bond donors (Lipinski definition) is 1. The van der Waals surface area contributed by atoms with Gasteiger partial charge in [0.1, 0.15) is 11.6 Å². The Labute approximate surface area is 231 Å². The molecule has 5 rings (SSSR count). The maximum absolute atomic E-state index is 11.3. The summed E-state index contributed by atoms with van der Waals surface area (Å²) in [4.78, 5) is 20.3. The van der Waals surface area contributed by atoms with E-state index < -0.39 is 0 Å². The monoisotopic (exact) mass is 545 g/mol. The Balaban J connectivity index is 1.54. The molecule has 0 amide bonds. The molecule has 3 aromatic carbocycles. The number of nitrogens with one attached hydrogen (secondary N) is 1. The molecule has 1 N–H and O–H groups in total. The zero-order valence-corrected chi connectivity index (χ0v) is 22.4. The van der Waals surface area contributed by atoms with E-state index in [1.165, 1.54) is 7.11 Å². The molecule has 0 unspecified atom stereocenters. The number of aliphatic imine (C=N–C) groups is 1. The van der Waals surface area contributed by atoms with Gasteiger partial charge < -0.3 is 14.8 Å². The van der Waals surface area contributed by atoms with E-state index in [0.717, 1.165) is 52.5 Å². The van der Waals surface area contributed by atoms with Crippen molar-refractivity contribution in [2.45, 2.75) is 6.42 Å². The third-order valence-electron chi connectivity index (χ3n) is 6.47. The first-order valence-corrected chi connectivity index (χ1v) is 12.8. The van der Waals surface area contributed by atoms with Crippen molar-refractivity contribution in [3.63, 3.8) is 0 Å². The molecule has 8 heteroatoms. The molecule has 0 radical (unpaired) electrons. The van der Waals surface area contributed by atoms with Gasteiger partial charge in [-0.2, -0.15) is 0 Å². The van der Waals surface area contributed by atoms with Gasteiger partial charge in [0.05, 0.1) is 42.1 Å². The molecule has 1 aromatic heterocycles. The summed E-state index contributed by atoms with van der Waals surface area (Å²) in [7, 11) is 3.14. The number of aromatic nitrogens is 1. The van der Waals surface area contributed by atoms with Crippen LogP contribution < -0.4 is 14.8 Å². The number of amidine groups is 1. The van der Waals surface area contributed by atoms with Crippen molar-refractivity contribution in [1.29, 1.82) is 0 Å². The van der Waals surface area contributed by atoms with E-state index in [2.05, 4.69) is 21.4 Å². The minimum atomic E-state index is 0.243. The second-order valence-electron chi connectivity index (χ2n) is 8.71. The molecular formula is C30H25Cl2N3O3. The number of benzene rings is 3. The zero-order valence-electron chi connectivity index (χ0n) is 20.9. The molecular weight excluding hydrogens is 521 g/mol. The topological polar surface area (TPSA) is 72.8 Å². The Morgan fingerprint density at radius 3 is 2.26 bits per heavy atom. The number of hydrogen-bond acceptors (Lipinski definition) is 6. The molecule has 192 valence electrons. The van der Waals surface area contributed by atoms with Gasteiger partial charge >= 0.3 is 0 Å². The Bertz CT molecular complexity index is 1550. The van der Waals surface area contributed by atoms with Crippen LogP contribution in [0.15, 0.2) is 71.7 Å². The van der Waals surface area contributed by atoms with Crippen LogP contribution in [0.3, 0.4) is 0 Å². The van der Waals surface area contributed by atoms with E-state index >= 15 is 0 Å². The average Bonchev–Trinajstić information content (AvgIpc) is 3.46. The van der Waals surface area contributed by atoms with E-state index in [9.17, 15) is 4.79 Å². The van der Waals surface area contributed by atoms with Crippen LogP contribution in [-0.2, 0) is 6.42 Å². The minimum absolute atomic E-state index is 0.243. The standard InChI is InChI=1S/C30H25Cl2N3O3/c1-37-26-15-18(9-10-19(26)16-27-33-13-14-34-27)21-5-3-6-22(28(21)31)23-7-4-8-24(29(23)32)25-12-11-20(17-36)30(35-25)38-2/h3-12,15,17H,13-14,16H2,1-2H3,(H,33,34). The molecule has 1 aliphatic rings. The Kier molecular flexibility index (Phi) is 7.63. The molecule has 2 heterocycles. The number of carbonyl (C=O) groups excluding carboxylic acids is 1. The molecule has 1 aliphatic heterocycles. The van der Waals surface area contributed by atoms with Crippen LogP contribution >= 0.6 is 23.2 Å². The molecule has 0 fully saturated rings. The summed E-state index contributed by atoms with van der Waals surface area (Å²) in [5.74, 6) is 1.99. The highest BCUT2D eigenvalue weighted by Crippen LogP contribution is 2.43. The number of ether oxygens (including phenoxy) is 2. The van der Waals surface area contributed by atoms with E-state index in [4.69, 9.17) is 32.7 Å². The van der Waals surface area contributed by atoms with Gasteiger partial charge in [0.25, 0.3) is 0 Å². The smallest absolute Gasteiger partial charge is 0.224 e. The number of halogens is 2. The van der Waals surface area contributed by atoms with E-state index in [-0.39, 0.29) is 5.88 Å². The molecule has 0 saturated heterocycles. The SMILES string of the molecule is COc1cc(-c2cccc(-c3cccc(-c4ccc(C=O)c(OC)n4)c3Cl)c2Cl)ccc1CC1=NCCN1. The molecule has 0 saturated carbocycles. The second-order valence-corrected chi connectivity index (χ2v) is 9.46.